The first-order valence-electron chi connectivity index (χ1n) is 8.30. The van der Waals surface area contributed by atoms with E-state index >= 15 is 0 Å². The second kappa shape index (κ2) is 8.56. The molecule has 140 valence electrons. The van der Waals surface area contributed by atoms with E-state index in [1.807, 2.05) is 38.1 Å². The molecule has 0 aliphatic rings. The first-order valence-corrected chi connectivity index (χ1v) is 10.5. The van der Waals surface area contributed by atoms with Crippen molar-refractivity contribution in [2.75, 3.05) is 17.1 Å². The SMILES string of the molecule is CCC(NC(=O)CN(c1cccc(Cl)c1)S(C)(=O)=O)c1ccc(C)cc1. The van der Waals surface area contributed by atoms with Gasteiger partial charge in [-0.25, -0.2) is 8.42 Å². The molecule has 7 heteroatoms. The number of hydrogen-bond donors (Lipinski definition) is 1. The van der Waals surface area contributed by atoms with Crippen molar-refractivity contribution >= 4 is 33.2 Å². The molecule has 5 nitrogen and oxygen atoms in total. The van der Waals surface area contributed by atoms with Crippen molar-refractivity contribution < 1.29 is 13.2 Å². The highest BCUT2D eigenvalue weighted by atomic mass is 35.5. The molecule has 0 heterocycles. The van der Waals surface area contributed by atoms with Crippen LogP contribution in [0.1, 0.15) is 30.5 Å². The molecule has 0 saturated carbocycles. The second-order valence-electron chi connectivity index (χ2n) is 6.19. The Morgan fingerprint density at radius 3 is 2.38 bits per heavy atom. The lowest BCUT2D eigenvalue weighted by molar-refractivity contribution is -0.120. The number of benzene rings is 2. The molecule has 1 amide bonds. The van der Waals surface area contributed by atoms with Gasteiger partial charge in [-0.2, -0.15) is 0 Å². The Labute approximate surface area is 160 Å². The van der Waals surface area contributed by atoms with Gasteiger partial charge in [-0.05, 0) is 37.1 Å². The third-order valence-electron chi connectivity index (χ3n) is 4.01. The third kappa shape index (κ3) is 5.47. The molecule has 0 bridgehead atoms. The van der Waals surface area contributed by atoms with E-state index in [1.165, 1.54) is 6.07 Å². The van der Waals surface area contributed by atoms with Gasteiger partial charge in [0.05, 0.1) is 18.0 Å². The predicted octanol–water partition coefficient (Wildman–Crippen LogP) is 3.68. The summed E-state index contributed by atoms with van der Waals surface area (Å²) in [6.45, 7) is 3.66. The molecule has 0 aliphatic carbocycles. The van der Waals surface area contributed by atoms with Gasteiger partial charge in [0.25, 0.3) is 0 Å². The lowest BCUT2D eigenvalue weighted by Gasteiger charge is -2.24. The van der Waals surface area contributed by atoms with E-state index < -0.39 is 10.0 Å². The Morgan fingerprint density at radius 2 is 1.85 bits per heavy atom. The summed E-state index contributed by atoms with van der Waals surface area (Å²) in [7, 11) is -3.63. The molecule has 2 aromatic carbocycles. The molecule has 0 spiro atoms. The molecule has 0 fully saturated rings. The number of carbonyl (C=O) groups excluding carboxylic acids is 1. The van der Waals surface area contributed by atoms with Gasteiger partial charge in [0.1, 0.15) is 6.54 Å². The Bertz CT molecular complexity index is 867. The minimum atomic E-state index is -3.63. The van der Waals surface area contributed by atoms with Crippen molar-refractivity contribution in [2.24, 2.45) is 0 Å². The quantitative estimate of drug-likeness (QED) is 0.778. The topological polar surface area (TPSA) is 66.5 Å². The van der Waals surface area contributed by atoms with Crippen LogP contribution in [0.15, 0.2) is 48.5 Å². The van der Waals surface area contributed by atoms with Crippen LogP contribution in [0, 0.1) is 6.92 Å². The Hall–Kier alpha value is -2.05. The first kappa shape index (κ1) is 20.3. The summed E-state index contributed by atoms with van der Waals surface area (Å²) in [5, 5.41) is 3.32. The zero-order valence-corrected chi connectivity index (χ0v) is 16.6. The minimum Gasteiger partial charge on any atom is -0.348 e. The number of sulfonamides is 1. The predicted molar refractivity (Wildman–Crippen MR) is 106 cm³/mol. The average molecular weight is 395 g/mol. The second-order valence-corrected chi connectivity index (χ2v) is 8.53. The fraction of sp³-hybridized carbons (Fsp3) is 0.316. The molecule has 1 N–H and O–H groups in total. The summed E-state index contributed by atoms with van der Waals surface area (Å²) >= 11 is 5.95. The van der Waals surface area contributed by atoms with Gasteiger partial charge in [0, 0.05) is 5.02 Å². The number of amides is 1. The van der Waals surface area contributed by atoms with Gasteiger partial charge in [-0.15, -0.1) is 0 Å². The largest absolute Gasteiger partial charge is 0.348 e. The molecular formula is C19H23ClN2O3S. The maximum atomic E-state index is 12.5. The number of nitrogens with one attached hydrogen (secondary N) is 1. The van der Waals surface area contributed by atoms with Crippen LogP contribution in [-0.2, 0) is 14.8 Å². The van der Waals surface area contributed by atoms with Crippen molar-refractivity contribution in [2.45, 2.75) is 26.3 Å². The van der Waals surface area contributed by atoms with Crippen LogP contribution in [0.25, 0.3) is 0 Å². The van der Waals surface area contributed by atoms with Crippen LogP contribution < -0.4 is 9.62 Å². The van der Waals surface area contributed by atoms with Gasteiger partial charge in [-0.3, -0.25) is 9.10 Å². The smallest absolute Gasteiger partial charge is 0.241 e. The summed E-state index contributed by atoms with van der Waals surface area (Å²) in [5.41, 5.74) is 2.48. The van der Waals surface area contributed by atoms with Crippen LogP contribution in [0.5, 0.6) is 0 Å². The average Bonchev–Trinajstić information content (AvgIpc) is 2.57. The van der Waals surface area contributed by atoms with E-state index in [4.69, 9.17) is 11.6 Å². The summed E-state index contributed by atoms with van der Waals surface area (Å²) in [6.07, 6.45) is 1.77. The Balaban J connectivity index is 2.17. The molecule has 1 unspecified atom stereocenters. The Morgan fingerprint density at radius 1 is 1.19 bits per heavy atom. The van der Waals surface area contributed by atoms with E-state index in [2.05, 4.69) is 5.32 Å². The fourth-order valence-electron chi connectivity index (χ4n) is 2.62. The number of hydrogen-bond acceptors (Lipinski definition) is 3. The van der Waals surface area contributed by atoms with Gasteiger partial charge >= 0.3 is 0 Å². The number of rotatable bonds is 7. The van der Waals surface area contributed by atoms with Crippen LogP contribution in [0.2, 0.25) is 5.02 Å². The number of nitrogens with zero attached hydrogens (tertiary/aromatic N) is 1. The molecule has 2 aromatic rings. The number of aryl methyl sites for hydroxylation is 1. The number of halogens is 1. The standard InChI is InChI=1S/C19H23ClN2O3S/c1-4-18(15-10-8-14(2)9-11-15)21-19(23)13-22(26(3,24)25)17-7-5-6-16(20)12-17/h5-12,18H,4,13H2,1-3H3,(H,21,23). The maximum absolute atomic E-state index is 12.5. The lowest BCUT2D eigenvalue weighted by Crippen LogP contribution is -2.41. The van der Waals surface area contributed by atoms with Crippen molar-refractivity contribution in [1.82, 2.24) is 5.32 Å². The molecular weight excluding hydrogens is 372 g/mol. The summed E-state index contributed by atoms with van der Waals surface area (Å²) in [6, 6.07) is 14.2. The number of anilines is 1. The van der Waals surface area contributed by atoms with Crippen molar-refractivity contribution in [3.8, 4) is 0 Å². The fourth-order valence-corrected chi connectivity index (χ4v) is 3.65. The van der Waals surface area contributed by atoms with Crippen LogP contribution >= 0.6 is 11.6 Å². The van der Waals surface area contributed by atoms with Crippen molar-refractivity contribution in [3.63, 3.8) is 0 Å². The van der Waals surface area contributed by atoms with Gasteiger partial charge < -0.3 is 5.32 Å². The maximum Gasteiger partial charge on any atom is 0.241 e. The van der Waals surface area contributed by atoms with Gasteiger partial charge in [-0.1, -0.05) is 54.4 Å². The summed E-state index contributed by atoms with van der Waals surface area (Å²) in [4.78, 5) is 12.5. The van der Waals surface area contributed by atoms with Gasteiger partial charge in [0.2, 0.25) is 15.9 Å². The zero-order valence-electron chi connectivity index (χ0n) is 15.1. The molecule has 2 rings (SSSR count). The molecule has 0 aliphatic heterocycles. The lowest BCUT2D eigenvalue weighted by atomic mass is 10.0. The minimum absolute atomic E-state index is 0.177. The monoisotopic (exact) mass is 394 g/mol. The van der Waals surface area contributed by atoms with Crippen LogP contribution in [0.3, 0.4) is 0 Å². The van der Waals surface area contributed by atoms with Crippen LogP contribution in [0.4, 0.5) is 5.69 Å². The summed E-state index contributed by atoms with van der Waals surface area (Å²) < 4.78 is 25.3. The molecule has 26 heavy (non-hydrogen) atoms. The Kier molecular flexibility index (Phi) is 6.67. The molecule has 0 radical (unpaired) electrons. The highest BCUT2D eigenvalue weighted by Gasteiger charge is 2.22. The van der Waals surface area contributed by atoms with E-state index in [9.17, 15) is 13.2 Å². The van der Waals surface area contributed by atoms with Crippen molar-refractivity contribution in [3.05, 3.63) is 64.7 Å². The highest BCUT2D eigenvalue weighted by molar-refractivity contribution is 7.92. The molecule has 0 aromatic heterocycles. The molecule has 1 atom stereocenters. The van der Waals surface area contributed by atoms with Crippen LogP contribution in [-0.4, -0.2) is 27.1 Å². The van der Waals surface area contributed by atoms with E-state index in [0.29, 0.717) is 17.1 Å². The number of carbonyl (C=O) groups is 1. The molecule has 0 saturated heterocycles. The summed E-state index contributed by atoms with van der Waals surface area (Å²) in [5.74, 6) is -0.372. The van der Waals surface area contributed by atoms with Crippen molar-refractivity contribution in [1.29, 1.82) is 0 Å². The first-order chi connectivity index (χ1) is 12.2. The van der Waals surface area contributed by atoms with E-state index in [1.54, 1.807) is 18.2 Å². The van der Waals surface area contributed by atoms with Gasteiger partial charge in [0.15, 0.2) is 0 Å². The third-order valence-corrected chi connectivity index (χ3v) is 5.38. The van der Waals surface area contributed by atoms with E-state index in [-0.39, 0.29) is 18.5 Å². The zero-order chi connectivity index (χ0) is 19.3. The van der Waals surface area contributed by atoms with E-state index in [0.717, 1.165) is 21.7 Å². The highest BCUT2D eigenvalue weighted by Crippen LogP contribution is 2.22. The normalized spacial score (nSPS) is 12.5.